The highest BCUT2D eigenvalue weighted by Crippen LogP contribution is 2.30. The van der Waals surface area contributed by atoms with Crippen molar-refractivity contribution in [1.82, 2.24) is 0 Å². The Kier molecular flexibility index (Phi) is 4.23. The minimum atomic E-state index is -0.00624. The van der Waals surface area contributed by atoms with Crippen molar-refractivity contribution < 1.29 is 9.53 Å². The SMILES string of the molecule is CC(=O)c1ccc2ccccc2c1OC/C(C)=C/Cl. The number of fused-ring (bicyclic) bond motifs is 1. The largest absolute Gasteiger partial charge is 0.488 e. The summed E-state index contributed by atoms with van der Waals surface area (Å²) in [6, 6.07) is 11.6. The van der Waals surface area contributed by atoms with Crippen LogP contribution in [0.2, 0.25) is 0 Å². The van der Waals surface area contributed by atoms with Crippen LogP contribution in [0.25, 0.3) is 10.8 Å². The monoisotopic (exact) mass is 274 g/mol. The maximum absolute atomic E-state index is 11.7. The lowest BCUT2D eigenvalue weighted by Crippen LogP contribution is -2.04. The van der Waals surface area contributed by atoms with Crippen molar-refractivity contribution >= 4 is 28.2 Å². The standard InChI is InChI=1S/C16H15ClO2/c1-11(9-17)10-19-16-14(12(2)18)8-7-13-5-3-4-6-15(13)16/h3-9H,10H2,1-2H3/b11-9+. The Morgan fingerprint density at radius 2 is 1.95 bits per heavy atom. The number of carbonyl (C=O) groups is 1. The van der Waals surface area contributed by atoms with Gasteiger partial charge in [0.1, 0.15) is 12.4 Å². The summed E-state index contributed by atoms with van der Waals surface area (Å²) in [5.41, 5.74) is 2.99. The van der Waals surface area contributed by atoms with Gasteiger partial charge in [0.05, 0.1) is 5.56 Å². The molecule has 2 aromatic rings. The van der Waals surface area contributed by atoms with Gasteiger partial charge in [-0.25, -0.2) is 0 Å². The topological polar surface area (TPSA) is 26.3 Å². The zero-order valence-corrected chi connectivity index (χ0v) is 11.7. The third-order valence-electron chi connectivity index (χ3n) is 2.89. The minimum Gasteiger partial charge on any atom is -0.488 e. The molecular formula is C16H15ClO2. The third kappa shape index (κ3) is 2.96. The van der Waals surface area contributed by atoms with E-state index in [0.717, 1.165) is 16.3 Å². The van der Waals surface area contributed by atoms with Crippen LogP contribution in [0.15, 0.2) is 47.5 Å². The molecule has 2 nitrogen and oxygen atoms in total. The second kappa shape index (κ2) is 5.89. The number of carbonyl (C=O) groups excluding carboxylic acids is 1. The number of hydrogen-bond donors (Lipinski definition) is 0. The summed E-state index contributed by atoms with van der Waals surface area (Å²) in [6.45, 7) is 3.80. The zero-order valence-electron chi connectivity index (χ0n) is 10.9. The average Bonchev–Trinajstić information content (AvgIpc) is 2.43. The van der Waals surface area contributed by atoms with Gasteiger partial charge in [0.15, 0.2) is 5.78 Å². The molecule has 0 aliphatic carbocycles. The Balaban J connectivity index is 2.52. The van der Waals surface area contributed by atoms with Gasteiger partial charge in [0.2, 0.25) is 0 Å². The van der Waals surface area contributed by atoms with Gasteiger partial charge in [-0.2, -0.15) is 0 Å². The number of hydrogen-bond acceptors (Lipinski definition) is 2. The zero-order chi connectivity index (χ0) is 13.8. The molecule has 0 bridgehead atoms. The molecule has 19 heavy (non-hydrogen) atoms. The summed E-state index contributed by atoms with van der Waals surface area (Å²) < 4.78 is 5.79. The van der Waals surface area contributed by atoms with Crippen molar-refractivity contribution in [3.8, 4) is 5.75 Å². The minimum absolute atomic E-state index is 0.00624. The van der Waals surface area contributed by atoms with Gasteiger partial charge >= 0.3 is 0 Å². The molecular weight excluding hydrogens is 260 g/mol. The summed E-state index contributed by atoms with van der Waals surface area (Å²) in [5, 5.41) is 1.99. The third-order valence-corrected chi connectivity index (χ3v) is 3.26. The Bertz CT molecular complexity index is 644. The predicted molar refractivity (Wildman–Crippen MR) is 79.1 cm³/mol. The Morgan fingerprint density at radius 3 is 2.63 bits per heavy atom. The molecule has 0 aliphatic rings. The van der Waals surface area contributed by atoms with E-state index < -0.39 is 0 Å². The highest BCUT2D eigenvalue weighted by atomic mass is 35.5. The maximum Gasteiger partial charge on any atom is 0.163 e. The van der Waals surface area contributed by atoms with E-state index in [1.807, 2.05) is 37.3 Å². The van der Waals surface area contributed by atoms with Crippen LogP contribution in [0.4, 0.5) is 0 Å². The van der Waals surface area contributed by atoms with Gasteiger partial charge in [0.25, 0.3) is 0 Å². The summed E-state index contributed by atoms with van der Waals surface area (Å²) >= 11 is 5.63. The molecule has 0 aliphatic heterocycles. The van der Waals surface area contributed by atoms with Crippen molar-refractivity contribution in [3.05, 3.63) is 53.1 Å². The van der Waals surface area contributed by atoms with E-state index in [-0.39, 0.29) is 5.78 Å². The quantitative estimate of drug-likeness (QED) is 0.764. The summed E-state index contributed by atoms with van der Waals surface area (Å²) in [5.74, 6) is 0.622. The average molecular weight is 275 g/mol. The summed E-state index contributed by atoms with van der Waals surface area (Å²) in [7, 11) is 0. The van der Waals surface area contributed by atoms with Gasteiger partial charge in [-0.15, -0.1) is 0 Å². The van der Waals surface area contributed by atoms with Gasteiger partial charge in [-0.1, -0.05) is 41.9 Å². The smallest absolute Gasteiger partial charge is 0.163 e. The van der Waals surface area contributed by atoms with Gasteiger partial charge in [-0.05, 0) is 30.9 Å². The molecule has 0 saturated heterocycles. The number of halogens is 1. The van der Waals surface area contributed by atoms with Crippen LogP contribution in [0.5, 0.6) is 5.75 Å². The normalized spacial score (nSPS) is 11.6. The molecule has 0 unspecified atom stereocenters. The summed E-state index contributed by atoms with van der Waals surface area (Å²) in [4.78, 5) is 11.7. The second-order valence-electron chi connectivity index (χ2n) is 4.46. The lowest BCUT2D eigenvalue weighted by Gasteiger charge is -2.13. The van der Waals surface area contributed by atoms with Crippen molar-refractivity contribution in [2.75, 3.05) is 6.61 Å². The van der Waals surface area contributed by atoms with Crippen molar-refractivity contribution in [2.45, 2.75) is 13.8 Å². The number of benzene rings is 2. The van der Waals surface area contributed by atoms with Crippen LogP contribution >= 0.6 is 11.6 Å². The van der Waals surface area contributed by atoms with Gasteiger partial charge in [0, 0.05) is 10.9 Å². The highest BCUT2D eigenvalue weighted by molar-refractivity contribution is 6.25. The number of rotatable bonds is 4. The first kappa shape index (κ1) is 13.6. The predicted octanol–water partition coefficient (Wildman–Crippen LogP) is 4.56. The first-order valence-corrected chi connectivity index (χ1v) is 6.48. The molecule has 0 radical (unpaired) electrons. The molecule has 0 N–H and O–H groups in total. The van der Waals surface area contributed by atoms with Crippen molar-refractivity contribution in [2.24, 2.45) is 0 Å². The first-order chi connectivity index (χ1) is 9.13. The Hall–Kier alpha value is -1.80. The lowest BCUT2D eigenvalue weighted by molar-refractivity contribution is 0.101. The highest BCUT2D eigenvalue weighted by Gasteiger charge is 2.12. The maximum atomic E-state index is 11.7. The van der Waals surface area contributed by atoms with E-state index in [4.69, 9.17) is 16.3 Å². The molecule has 0 spiro atoms. The molecule has 98 valence electrons. The van der Waals surface area contributed by atoms with E-state index in [9.17, 15) is 4.79 Å². The second-order valence-corrected chi connectivity index (χ2v) is 4.68. The van der Waals surface area contributed by atoms with Gasteiger partial charge < -0.3 is 4.74 Å². The number of ether oxygens (including phenoxy) is 1. The number of Topliss-reactive ketones (excluding diaryl/α,β-unsaturated/α-hetero) is 1. The fourth-order valence-electron chi connectivity index (χ4n) is 1.89. The molecule has 0 aromatic heterocycles. The van der Waals surface area contributed by atoms with Crippen molar-refractivity contribution in [3.63, 3.8) is 0 Å². The molecule has 3 heteroatoms. The van der Waals surface area contributed by atoms with Crippen LogP contribution in [-0.2, 0) is 0 Å². The van der Waals surface area contributed by atoms with Crippen LogP contribution in [0, 0.1) is 0 Å². The molecule has 0 amide bonds. The van der Waals surface area contributed by atoms with E-state index >= 15 is 0 Å². The Morgan fingerprint density at radius 1 is 1.21 bits per heavy atom. The van der Waals surface area contributed by atoms with E-state index in [1.165, 1.54) is 5.54 Å². The number of ketones is 1. The first-order valence-electron chi connectivity index (χ1n) is 6.05. The van der Waals surface area contributed by atoms with Crippen LogP contribution in [-0.4, -0.2) is 12.4 Å². The molecule has 2 aromatic carbocycles. The van der Waals surface area contributed by atoms with Gasteiger partial charge in [-0.3, -0.25) is 4.79 Å². The molecule has 0 saturated carbocycles. The van der Waals surface area contributed by atoms with E-state index in [0.29, 0.717) is 17.9 Å². The Labute approximate surface area is 117 Å². The van der Waals surface area contributed by atoms with E-state index in [2.05, 4.69) is 0 Å². The van der Waals surface area contributed by atoms with E-state index in [1.54, 1.807) is 13.0 Å². The summed E-state index contributed by atoms with van der Waals surface area (Å²) in [6.07, 6.45) is 0. The lowest BCUT2D eigenvalue weighted by atomic mass is 10.0. The molecule has 0 heterocycles. The molecule has 0 fully saturated rings. The van der Waals surface area contributed by atoms with Crippen LogP contribution in [0.1, 0.15) is 24.2 Å². The van der Waals surface area contributed by atoms with Crippen LogP contribution < -0.4 is 4.74 Å². The fraction of sp³-hybridized carbons (Fsp3) is 0.188. The fourth-order valence-corrected chi connectivity index (χ4v) is 1.96. The van der Waals surface area contributed by atoms with Crippen molar-refractivity contribution in [1.29, 1.82) is 0 Å². The molecule has 0 atom stereocenters. The van der Waals surface area contributed by atoms with Crippen LogP contribution in [0.3, 0.4) is 0 Å². The molecule has 2 rings (SSSR count).